The monoisotopic (exact) mass is 394 g/mol. The number of fused-ring (bicyclic) bond motifs is 1. The number of carbonyl (C=O) groups excluding carboxylic acids is 1. The zero-order chi connectivity index (χ0) is 19.3. The first kappa shape index (κ1) is 17.1. The van der Waals surface area contributed by atoms with Gasteiger partial charge in [0.15, 0.2) is 16.6 Å². The lowest BCUT2D eigenvalue weighted by molar-refractivity contribution is -0.118. The molecule has 0 radical (unpaired) electrons. The van der Waals surface area contributed by atoms with Crippen LogP contribution >= 0.6 is 11.3 Å². The molecule has 0 spiro atoms. The molecule has 1 aliphatic heterocycles. The Balaban J connectivity index is 1.38. The molecule has 28 heavy (non-hydrogen) atoms. The second kappa shape index (κ2) is 6.24. The molecule has 7 heteroatoms. The van der Waals surface area contributed by atoms with Gasteiger partial charge in [0.25, 0.3) is 0 Å². The molecule has 142 valence electrons. The third-order valence-electron chi connectivity index (χ3n) is 5.27. The fourth-order valence-electron chi connectivity index (χ4n) is 3.52. The number of rotatable bonds is 4. The SMILES string of the molecule is Cc1sc(NC(=O)C2(c3ccc4c(c3)OCO4)CC2)nc1-c1ccc(O)cc1. The van der Waals surface area contributed by atoms with Gasteiger partial charge in [-0.05, 0) is 61.7 Å². The molecule has 0 saturated heterocycles. The number of ether oxygens (including phenoxy) is 2. The summed E-state index contributed by atoms with van der Waals surface area (Å²) in [6, 6.07) is 12.6. The Morgan fingerprint density at radius 1 is 1.14 bits per heavy atom. The summed E-state index contributed by atoms with van der Waals surface area (Å²) in [7, 11) is 0. The van der Waals surface area contributed by atoms with Crippen LogP contribution in [-0.4, -0.2) is 22.8 Å². The molecule has 2 N–H and O–H groups in total. The van der Waals surface area contributed by atoms with Crippen molar-refractivity contribution in [3.8, 4) is 28.5 Å². The normalized spacial score (nSPS) is 16.0. The number of hydrogen-bond donors (Lipinski definition) is 2. The van der Waals surface area contributed by atoms with Crippen molar-refractivity contribution < 1.29 is 19.4 Å². The lowest BCUT2D eigenvalue weighted by Gasteiger charge is -2.15. The highest BCUT2D eigenvalue weighted by molar-refractivity contribution is 7.16. The largest absolute Gasteiger partial charge is 0.508 e. The summed E-state index contributed by atoms with van der Waals surface area (Å²) < 4.78 is 10.8. The van der Waals surface area contributed by atoms with Gasteiger partial charge in [-0.1, -0.05) is 6.07 Å². The zero-order valence-electron chi connectivity index (χ0n) is 15.2. The van der Waals surface area contributed by atoms with Gasteiger partial charge in [0.2, 0.25) is 12.7 Å². The first-order valence-corrected chi connectivity index (χ1v) is 9.85. The van der Waals surface area contributed by atoms with E-state index in [9.17, 15) is 9.90 Å². The van der Waals surface area contributed by atoms with Crippen molar-refractivity contribution in [2.75, 3.05) is 12.1 Å². The molecule has 2 aromatic carbocycles. The van der Waals surface area contributed by atoms with E-state index in [1.165, 1.54) is 11.3 Å². The van der Waals surface area contributed by atoms with E-state index in [0.29, 0.717) is 16.6 Å². The Morgan fingerprint density at radius 2 is 1.89 bits per heavy atom. The lowest BCUT2D eigenvalue weighted by Crippen LogP contribution is -2.27. The number of phenols is 1. The summed E-state index contributed by atoms with van der Waals surface area (Å²) in [5.41, 5.74) is 2.14. The molecule has 0 bridgehead atoms. The average molecular weight is 394 g/mol. The summed E-state index contributed by atoms with van der Waals surface area (Å²) in [6.07, 6.45) is 1.60. The summed E-state index contributed by atoms with van der Waals surface area (Å²) >= 11 is 1.45. The van der Waals surface area contributed by atoms with Crippen molar-refractivity contribution in [2.45, 2.75) is 25.2 Å². The smallest absolute Gasteiger partial charge is 0.236 e. The Kier molecular flexibility index (Phi) is 3.80. The maximum Gasteiger partial charge on any atom is 0.236 e. The molecule has 1 aromatic heterocycles. The van der Waals surface area contributed by atoms with Crippen LogP contribution in [0.1, 0.15) is 23.3 Å². The second-order valence-corrected chi connectivity index (χ2v) is 8.28. The van der Waals surface area contributed by atoms with Crippen LogP contribution in [0.2, 0.25) is 0 Å². The van der Waals surface area contributed by atoms with E-state index in [2.05, 4.69) is 10.3 Å². The van der Waals surface area contributed by atoms with Gasteiger partial charge in [0.1, 0.15) is 5.75 Å². The Morgan fingerprint density at radius 3 is 2.64 bits per heavy atom. The van der Waals surface area contributed by atoms with Gasteiger partial charge in [-0.25, -0.2) is 4.98 Å². The third-order valence-corrected chi connectivity index (χ3v) is 6.15. The first-order valence-electron chi connectivity index (χ1n) is 9.04. The number of hydrogen-bond acceptors (Lipinski definition) is 6. The molecule has 1 aliphatic carbocycles. The summed E-state index contributed by atoms with van der Waals surface area (Å²) in [5.74, 6) is 1.58. The van der Waals surface area contributed by atoms with Crippen LogP contribution in [0.3, 0.4) is 0 Å². The van der Waals surface area contributed by atoms with Crippen molar-refractivity contribution in [1.82, 2.24) is 4.98 Å². The number of aromatic nitrogens is 1. The number of amides is 1. The predicted molar refractivity (Wildman–Crippen MR) is 106 cm³/mol. The van der Waals surface area contributed by atoms with Gasteiger partial charge in [-0.2, -0.15) is 0 Å². The predicted octanol–water partition coefficient (Wildman–Crippen LogP) is 4.22. The van der Waals surface area contributed by atoms with Gasteiger partial charge in [-0.15, -0.1) is 11.3 Å². The van der Waals surface area contributed by atoms with Crippen molar-refractivity contribution in [2.24, 2.45) is 0 Å². The van der Waals surface area contributed by atoms with Crippen molar-refractivity contribution in [3.05, 3.63) is 52.9 Å². The number of aromatic hydroxyl groups is 1. The zero-order valence-corrected chi connectivity index (χ0v) is 16.0. The maximum atomic E-state index is 13.0. The van der Waals surface area contributed by atoms with E-state index in [0.717, 1.165) is 34.5 Å². The maximum absolute atomic E-state index is 13.0. The molecule has 1 amide bonds. The van der Waals surface area contributed by atoms with E-state index in [4.69, 9.17) is 9.47 Å². The molecule has 3 aromatic rings. The van der Waals surface area contributed by atoms with Crippen LogP contribution in [0.25, 0.3) is 11.3 Å². The highest BCUT2D eigenvalue weighted by atomic mass is 32.1. The van der Waals surface area contributed by atoms with Crippen LogP contribution in [0, 0.1) is 6.92 Å². The number of carbonyl (C=O) groups is 1. The van der Waals surface area contributed by atoms with Crippen molar-refractivity contribution in [1.29, 1.82) is 0 Å². The summed E-state index contributed by atoms with van der Waals surface area (Å²) in [5, 5.41) is 13.0. The average Bonchev–Trinajstić information content (AvgIpc) is 3.24. The number of phenolic OH excluding ortho intramolecular Hbond substituents is 1. The van der Waals surface area contributed by atoms with Crippen LogP contribution in [-0.2, 0) is 10.2 Å². The fourth-order valence-corrected chi connectivity index (χ4v) is 4.35. The van der Waals surface area contributed by atoms with E-state index < -0.39 is 5.41 Å². The summed E-state index contributed by atoms with van der Waals surface area (Å²) in [6.45, 7) is 2.19. The van der Waals surface area contributed by atoms with Gasteiger partial charge in [0.05, 0.1) is 11.1 Å². The first-order chi connectivity index (χ1) is 13.5. The standard InChI is InChI=1S/C21H18N2O4S/c1-12-18(13-2-5-15(24)6-3-13)22-20(28-12)23-19(25)21(8-9-21)14-4-7-16-17(10-14)27-11-26-16/h2-7,10,24H,8-9,11H2,1H3,(H,22,23,25). The fraction of sp³-hybridized carbons (Fsp3) is 0.238. The van der Waals surface area contributed by atoms with E-state index in [1.807, 2.05) is 37.3 Å². The molecule has 0 atom stereocenters. The van der Waals surface area contributed by atoms with E-state index in [1.54, 1.807) is 12.1 Å². The van der Waals surface area contributed by atoms with Gasteiger partial charge in [0, 0.05) is 10.4 Å². The Labute approximate surface area is 165 Å². The quantitative estimate of drug-likeness (QED) is 0.692. The minimum atomic E-state index is -0.529. The summed E-state index contributed by atoms with van der Waals surface area (Å²) in [4.78, 5) is 18.7. The Hall–Kier alpha value is -3.06. The lowest BCUT2D eigenvalue weighted by atomic mass is 9.94. The van der Waals surface area contributed by atoms with Gasteiger partial charge < -0.3 is 19.9 Å². The second-order valence-electron chi connectivity index (χ2n) is 7.07. The molecular weight excluding hydrogens is 376 g/mol. The van der Waals surface area contributed by atoms with E-state index in [-0.39, 0.29) is 18.4 Å². The molecule has 6 nitrogen and oxygen atoms in total. The molecule has 2 aliphatic rings. The van der Waals surface area contributed by atoms with Crippen LogP contribution < -0.4 is 14.8 Å². The number of nitrogens with zero attached hydrogens (tertiary/aromatic N) is 1. The Bertz CT molecular complexity index is 1070. The molecule has 1 saturated carbocycles. The van der Waals surface area contributed by atoms with Crippen LogP contribution in [0.4, 0.5) is 5.13 Å². The molecule has 0 unspecified atom stereocenters. The number of thiazole rings is 1. The van der Waals surface area contributed by atoms with E-state index >= 15 is 0 Å². The number of nitrogens with one attached hydrogen (secondary N) is 1. The molecule has 2 heterocycles. The van der Waals surface area contributed by atoms with Gasteiger partial charge >= 0.3 is 0 Å². The highest BCUT2D eigenvalue weighted by Crippen LogP contribution is 2.51. The minimum absolute atomic E-state index is 0.0441. The number of benzene rings is 2. The molecule has 1 fully saturated rings. The molecule has 5 rings (SSSR count). The number of anilines is 1. The minimum Gasteiger partial charge on any atom is -0.508 e. The van der Waals surface area contributed by atoms with Crippen LogP contribution in [0.15, 0.2) is 42.5 Å². The van der Waals surface area contributed by atoms with Crippen molar-refractivity contribution in [3.63, 3.8) is 0 Å². The topological polar surface area (TPSA) is 80.7 Å². The number of aryl methyl sites for hydroxylation is 1. The molecular formula is C21H18N2O4S. The third kappa shape index (κ3) is 2.79. The van der Waals surface area contributed by atoms with Crippen molar-refractivity contribution >= 4 is 22.4 Å². The highest BCUT2D eigenvalue weighted by Gasteiger charge is 2.52. The van der Waals surface area contributed by atoms with Gasteiger partial charge in [-0.3, -0.25) is 4.79 Å². The van der Waals surface area contributed by atoms with Crippen LogP contribution in [0.5, 0.6) is 17.2 Å².